The van der Waals surface area contributed by atoms with Crippen LogP contribution in [-0.4, -0.2) is 29.2 Å². The maximum absolute atomic E-state index is 12.5. The lowest BCUT2D eigenvalue weighted by Gasteiger charge is -2.17. The highest BCUT2D eigenvalue weighted by Crippen LogP contribution is 2.28. The first-order valence-corrected chi connectivity index (χ1v) is 9.64. The van der Waals surface area contributed by atoms with E-state index in [1.54, 1.807) is 18.2 Å². The SMILES string of the molecule is Cc1cccc(C(C)C)c1NC(=O)CCN1C(=O)c2ccc(Br)cc2C1=O. The quantitative estimate of drug-likeness (QED) is 0.712. The highest BCUT2D eigenvalue weighted by molar-refractivity contribution is 9.10. The Morgan fingerprint density at radius 1 is 1.11 bits per heavy atom. The Kier molecular flexibility index (Phi) is 5.46. The third-order valence-electron chi connectivity index (χ3n) is 4.69. The minimum atomic E-state index is -0.358. The van der Waals surface area contributed by atoms with Crippen LogP contribution < -0.4 is 5.32 Å². The van der Waals surface area contributed by atoms with E-state index in [1.807, 2.05) is 25.1 Å². The van der Waals surface area contributed by atoms with Gasteiger partial charge in [0.25, 0.3) is 11.8 Å². The molecule has 5 nitrogen and oxygen atoms in total. The van der Waals surface area contributed by atoms with Gasteiger partial charge in [0.1, 0.15) is 0 Å². The third-order valence-corrected chi connectivity index (χ3v) is 5.18. The number of carbonyl (C=O) groups is 3. The minimum absolute atomic E-state index is 0.0541. The summed E-state index contributed by atoms with van der Waals surface area (Å²) in [6.45, 7) is 6.14. The van der Waals surface area contributed by atoms with Crippen molar-refractivity contribution in [3.8, 4) is 0 Å². The van der Waals surface area contributed by atoms with E-state index in [4.69, 9.17) is 0 Å². The summed E-state index contributed by atoms with van der Waals surface area (Å²) < 4.78 is 0.739. The summed E-state index contributed by atoms with van der Waals surface area (Å²) in [6, 6.07) is 10.9. The van der Waals surface area contributed by atoms with Crippen molar-refractivity contribution in [3.05, 3.63) is 63.1 Å². The molecule has 2 aromatic carbocycles. The van der Waals surface area contributed by atoms with Crippen molar-refractivity contribution >= 4 is 39.3 Å². The first-order chi connectivity index (χ1) is 12.8. The van der Waals surface area contributed by atoms with Crippen LogP contribution in [0.3, 0.4) is 0 Å². The lowest BCUT2D eigenvalue weighted by Crippen LogP contribution is -2.33. The van der Waals surface area contributed by atoms with Crippen molar-refractivity contribution in [1.29, 1.82) is 0 Å². The smallest absolute Gasteiger partial charge is 0.261 e. The standard InChI is InChI=1S/C21H21BrN2O3/c1-12(2)15-6-4-5-13(3)19(15)23-18(25)9-10-24-20(26)16-8-7-14(22)11-17(16)21(24)27/h4-8,11-12H,9-10H2,1-3H3,(H,23,25). The molecule has 0 aliphatic carbocycles. The lowest BCUT2D eigenvalue weighted by atomic mass is 9.98. The molecule has 0 radical (unpaired) electrons. The van der Waals surface area contributed by atoms with Gasteiger partial charge in [0.15, 0.2) is 0 Å². The Labute approximate surface area is 166 Å². The van der Waals surface area contributed by atoms with Gasteiger partial charge in [-0.1, -0.05) is 48.0 Å². The van der Waals surface area contributed by atoms with Crippen molar-refractivity contribution in [2.24, 2.45) is 0 Å². The molecular formula is C21H21BrN2O3. The number of hydrogen-bond donors (Lipinski definition) is 1. The van der Waals surface area contributed by atoms with Gasteiger partial charge in [-0.15, -0.1) is 0 Å². The van der Waals surface area contributed by atoms with E-state index in [2.05, 4.69) is 35.1 Å². The molecule has 2 aromatic rings. The molecule has 0 fully saturated rings. The fourth-order valence-electron chi connectivity index (χ4n) is 3.22. The second-order valence-corrected chi connectivity index (χ2v) is 7.86. The van der Waals surface area contributed by atoms with Crippen LogP contribution in [0.2, 0.25) is 0 Å². The largest absolute Gasteiger partial charge is 0.326 e. The molecule has 6 heteroatoms. The lowest BCUT2D eigenvalue weighted by molar-refractivity contribution is -0.116. The van der Waals surface area contributed by atoms with Crippen LogP contribution in [0, 0.1) is 6.92 Å². The fraction of sp³-hybridized carbons (Fsp3) is 0.286. The molecular weight excluding hydrogens is 408 g/mol. The predicted molar refractivity (Wildman–Crippen MR) is 108 cm³/mol. The number of imide groups is 1. The Balaban J connectivity index is 1.69. The highest BCUT2D eigenvalue weighted by atomic mass is 79.9. The van der Waals surface area contributed by atoms with Gasteiger partial charge in [-0.25, -0.2) is 0 Å². The summed E-state index contributed by atoms with van der Waals surface area (Å²) in [6.07, 6.45) is 0.0541. The second kappa shape index (κ2) is 7.64. The Hall–Kier alpha value is -2.47. The fourth-order valence-corrected chi connectivity index (χ4v) is 3.58. The van der Waals surface area contributed by atoms with Crippen molar-refractivity contribution in [2.45, 2.75) is 33.1 Å². The maximum atomic E-state index is 12.5. The van der Waals surface area contributed by atoms with Gasteiger partial charge in [0.2, 0.25) is 5.91 Å². The second-order valence-electron chi connectivity index (χ2n) is 6.94. The van der Waals surface area contributed by atoms with E-state index >= 15 is 0 Å². The van der Waals surface area contributed by atoms with Crippen LogP contribution in [0.5, 0.6) is 0 Å². The number of halogens is 1. The van der Waals surface area contributed by atoms with Crippen molar-refractivity contribution in [1.82, 2.24) is 4.90 Å². The Bertz CT molecular complexity index is 937. The molecule has 140 valence electrons. The van der Waals surface area contributed by atoms with E-state index in [9.17, 15) is 14.4 Å². The van der Waals surface area contributed by atoms with Crippen LogP contribution in [-0.2, 0) is 4.79 Å². The number of nitrogens with zero attached hydrogens (tertiary/aromatic N) is 1. The molecule has 1 heterocycles. The average Bonchev–Trinajstić information content (AvgIpc) is 2.85. The first-order valence-electron chi connectivity index (χ1n) is 8.84. The van der Waals surface area contributed by atoms with Crippen LogP contribution >= 0.6 is 15.9 Å². The van der Waals surface area contributed by atoms with E-state index in [-0.39, 0.29) is 36.6 Å². The number of para-hydroxylation sites is 1. The minimum Gasteiger partial charge on any atom is -0.326 e. The number of fused-ring (bicyclic) bond motifs is 1. The Morgan fingerprint density at radius 2 is 1.81 bits per heavy atom. The molecule has 0 saturated heterocycles. The third kappa shape index (κ3) is 3.81. The van der Waals surface area contributed by atoms with Crippen LogP contribution in [0.15, 0.2) is 40.9 Å². The van der Waals surface area contributed by atoms with Crippen molar-refractivity contribution < 1.29 is 14.4 Å². The van der Waals surface area contributed by atoms with Crippen LogP contribution in [0.4, 0.5) is 5.69 Å². The first kappa shape index (κ1) is 19.3. The number of aryl methyl sites for hydroxylation is 1. The van der Waals surface area contributed by atoms with E-state index in [1.165, 1.54) is 0 Å². The normalized spacial score (nSPS) is 13.3. The molecule has 0 unspecified atom stereocenters. The average molecular weight is 429 g/mol. The maximum Gasteiger partial charge on any atom is 0.261 e. The van der Waals surface area contributed by atoms with Crippen LogP contribution in [0.25, 0.3) is 0 Å². The van der Waals surface area contributed by atoms with Gasteiger partial charge in [-0.3, -0.25) is 19.3 Å². The molecule has 0 bridgehead atoms. The van der Waals surface area contributed by atoms with Crippen molar-refractivity contribution in [2.75, 3.05) is 11.9 Å². The molecule has 1 aliphatic rings. The summed E-state index contributed by atoms with van der Waals surface area (Å²) in [7, 11) is 0. The summed E-state index contributed by atoms with van der Waals surface area (Å²) >= 11 is 3.31. The molecule has 1 aliphatic heterocycles. The van der Waals surface area contributed by atoms with E-state index in [0.717, 1.165) is 26.2 Å². The summed E-state index contributed by atoms with van der Waals surface area (Å²) in [4.78, 5) is 38.5. The Morgan fingerprint density at radius 3 is 2.52 bits per heavy atom. The van der Waals surface area contributed by atoms with Gasteiger partial charge >= 0.3 is 0 Å². The zero-order valence-corrected chi connectivity index (χ0v) is 17.1. The van der Waals surface area contributed by atoms with Crippen molar-refractivity contribution in [3.63, 3.8) is 0 Å². The van der Waals surface area contributed by atoms with E-state index < -0.39 is 0 Å². The molecule has 1 N–H and O–H groups in total. The molecule has 3 rings (SSSR count). The van der Waals surface area contributed by atoms with Gasteiger partial charge in [0, 0.05) is 23.1 Å². The van der Waals surface area contributed by atoms with Gasteiger partial charge in [-0.05, 0) is 42.2 Å². The molecule has 27 heavy (non-hydrogen) atoms. The summed E-state index contributed by atoms with van der Waals surface area (Å²) in [5, 5.41) is 2.95. The topological polar surface area (TPSA) is 66.5 Å². The zero-order chi connectivity index (χ0) is 19.7. The molecule has 3 amide bonds. The molecule has 0 spiro atoms. The van der Waals surface area contributed by atoms with Crippen LogP contribution in [0.1, 0.15) is 58.0 Å². The van der Waals surface area contributed by atoms with E-state index in [0.29, 0.717) is 11.1 Å². The molecule has 0 aromatic heterocycles. The number of benzene rings is 2. The summed E-state index contributed by atoms with van der Waals surface area (Å²) in [5.74, 6) is -0.657. The number of rotatable bonds is 5. The number of nitrogens with one attached hydrogen (secondary N) is 1. The monoisotopic (exact) mass is 428 g/mol. The zero-order valence-electron chi connectivity index (χ0n) is 15.5. The predicted octanol–water partition coefficient (Wildman–Crippen LogP) is 4.51. The van der Waals surface area contributed by atoms with Gasteiger partial charge < -0.3 is 5.32 Å². The molecule has 0 atom stereocenters. The van der Waals surface area contributed by atoms with Gasteiger partial charge in [-0.2, -0.15) is 0 Å². The number of anilines is 1. The van der Waals surface area contributed by atoms with Gasteiger partial charge in [0.05, 0.1) is 11.1 Å². The number of amides is 3. The number of carbonyl (C=O) groups excluding carboxylic acids is 3. The highest BCUT2D eigenvalue weighted by Gasteiger charge is 2.35. The molecule has 0 saturated carbocycles. The summed E-state index contributed by atoms with van der Waals surface area (Å²) in [5.41, 5.74) is 3.61. The number of hydrogen-bond acceptors (Lipinski definition) is 3.